The molecule has 150 valence electrons. The molecule has 0 N–H and O–H groups in total. The summed E-state index contributed by atoms with van der Waals surface area (Å²) in [6, 6.07) is 17.1. The van der Waals surface area contributed by atoms with Crippen LogP contribution in [-0.2, 0) is 0 Å². The quantitative estimate of drug-likeness (QED) is 0.332. The molecule has 0 radical (unpaired) electrons. The molecule has 0 bridgehead atoms. The van der Waals surface area contributed by atoms with Crippen LogP contribution in [0, 0.1) is 0 Å². The number of hydrogen-bond donors (Lipinski definition) is 0. The van der Waals surface area contributed by atoms with Gasteiger partial charge in [-0.2, -0.15) is 0 Å². The van der Waals surface area contributed by atoms with Gasteiger partial charge in [0.15, 0.2) is 0 Å². The molecule has 0 unspecified atom stereocenters. The molecule has 0 aliphatic carbocycles. The number of amides is 1. The van der Waals surface area contributed by atoms with E-state index in [0.717, 1.165) is 41.6 Å². The predicted octanol–water partition coefficient (Wildman–Crippen LogP) is 6.03. The average Bonchev–Trinajstić information content (AvgIpc) is 2.77. The Morgan fingerprint density at radius 3 is 2.83 bits per heavy atom. The van der Waals surface area contributed by atoms with Crippen LogP contribution in [0.15, 0.2) is 72.9 Å². The van der Waals surface area contributed by atoms with Gasteiger partial charge in [-0.05, 0) is 69.0 Å². The Bertz CT molecular complexity index is 981. The van der Waals surface area contributed by atoms with E-state index in [4.69, 9.17) is 4.74 Å². The van der Waals surface area contributed by atoms with Crippen LogP contribution in [0.5, 0.6) is 5.75 Å². The molecule has 0 saturated heterocycles. The zero-order valence-corrected chi connectivity index (χ0v) is 17.2. The van der Waals surface area contributed by atoms with Crippen molar-refractivity contribution in [1.82, 2.24) is 4.98 Å². The van der Waals surface area contributed by atoms with Crippen molar-refractivity contribution in [2.45, 2.75) is 32.6 Å². The fourth-order valence-electron chi connectivity index (χ4n) is 3.20. The van der Waals surface area contributed by atoms with E-state index >= 15 is 0 Å². The topological polar surface area (TPSA) is 42.4 Å². The van der Waals surface area contributed by atoms with Crippen molar-refractivity contribution in [3.8, 4) is 5.75 Å². The van der Waals surface area contributed by atoms with E-state index in [-0.39, 0.29) is 5.91 Å². The van der Waals surface area contributed by atoms with Crippen LogP contribution < -0.4 is 9.64 Å². The summed E-state index contributed by atoms with van der Waals surface area (Å²) in [5, 5.41) is 0.957. The Labute approximate surface area is 172 Å². The monoisotopic (exact) mass is 388 g/mol. The third-order valence-electron chi connectivity index (χ3n) is 4.88. The largest absolute Gasteiger partial charge is 0.494 e. The number of nitrogens with zero attached hydrogens (tertiary/aromatic N) is 2. The van der Waals surface area contributed by atoms with Crippen LogP contribution in [0.3, 0.4) is 0 Å². The highest BCUT2D eigenvalue weighted by molar-refractivity contribution is 6.07. The Morgan fingerprint density at radius 2 is 1.97 bits per heavy atom. The summed E-state index contributed by atoms with van der Waals surface area (Å²) in [5.41, 5.74) is 2.33. The van der Waals surface area contributed by atoms with E-state index in [0.29, 0.717) is 12.2 Å². The number of anilines is 1. The van der Waals surface area contributed by atoms with E-state index in [1.54, 1.807) is 18.1 Å². The molecule has 0 saturated carbocycles. The Hall–Kier alpha value is -3.14. The first-order chi connectivity index (χ1) is 14.2. The number of unbranched alkanes of at least 4 members (excludes halogenated alkanes) is 3. The third-order valence-corrected chi connectivity index (χ3v) is 4.88. The number of rotatable bonds is 9. The van der Waals surface area contributed by atoms with Crippen LogP contribution in [0.1, 0.15) is 43.0 Å². The lowest BCUT2D eigenvalue weighted by atomic mass is 10.1. The Balaban J connectivity index is 1.60. The lowest BCUT2D eigenvalue weighted by molar-refractivity contribution is 0.0993. The highest BCUT2D eigenvalue weighted by atomic mass is 16.5. The van der Waals surface area contributed by atoms with Crippen molar-refractivity contribution in [2.24, 2.45) is 0 Å². The number of carbonyl (C=O) groups excluding carboxylic acids is 1. The molecule has 3 aromatic rings. The number of carbonyl (C=O) groups is 1. The maximum Gasteiger partial charge on any atom is 0.258 e. The van der Waals surface area contributed by atoms with Crippen molar-refractivity contribution < 1.29 is 9.53 Å². The van der Waals surface area contributed by atoms with E-state index in [9.17, 15) is 4.79 Å². The van der Waals surface area contributed by atoms with E-state index in [1.165, 1.54) is 6.42 Å². The molecule has 2 aromatic carbocycles. The van der Waals surface area contributed by atoms with E-state index in [2.05, 4.69) is 24.1 Å². The first kappa shape index (κ1) is 20.6. The third kappa shape index (κ3) is 5.67. The normalized spacial score (nSPS) is 11.1. The number of hydrogen-bond acceptors (Lipinski definition) is 3. The molecular weight excluding hydrogens is 360 g/mol. The Morgan fingerprint density at radius 1 is 1.07 bits per heavy atom. The van der Waals surface area contributed by atoms with Crippen molar-refractivity contribution in [3.63, 3.8) is 0 Å². The van der Waals surface area contributed by atoms with Crippen molar-refractivity contribution in [2.75, 3.05) is 18.6 Å². The molecule has 0 aliphatic rings. The minimum atomic E-state index is -0.0584. The average molecular weight is 389 g/mol. The molecule has 3 rings (SSSR count). The molecule has 1 heterocycles. The molecule has 4 heteroatoms. The van der Waals surface area contributed by atoms with Crippen LogP contribution in [0.2, 0.25) is 0 Å². The molecular formula is C25H28N2O2. The molecule has 1 aromatic heterocycles. The molecule has 0 aliphatic heterocycles. The second-order valence-electron chi connectivity index (χ2n) is 7.04. The summed E-state index contributed by atoms with van der Waals surface area (Å²) < 4.78 is 5.88. The van der Waals surface area contributed by atoms with Gasteiger partial charge in [-0.3, -0.25) is 9.78 Å². The van der Waals surface area contributed by atoms with E-state index in [1.807, 2.05) is 54.6 Å². The summed E-state index contributed by atoms with van der Waals surface area (Å²) in [4.78, 5) is 18.9. The maximum atomic E-state index is 12.9. The SMILES string of the molecule is CC=CCCCCCOc1cccc(N(C)C(=O)c2ccc3ncccc3c2)c1. The van der Waals surface area contributed by atoms with Gasteiger partial charge in [-0.25, -0.2) is 0 Å². The Kier molecular flexibility index (Phi) is 7.40. The lowest BCUT2D eigenvalue weighted by Crippen LogP contribution is -2.26. The van der Waals surface area contributed by atoms with Gasteiger partial charge in [0, 0.05) is 35.9 Å². The zero-order valence-electron chi connectivity index (χ0n) is 17.2. The molecule has 1 amide bonds. The second kappa shape index (κ2) is 10.4. The van der Waals surface area contributed by atoms with Crippen LogP contribution in [0.25, 0.3) is 10.9 Å². The van der Waals surface area contributed by atoms with Gasteiger partial charge in [0.05, 0.1) is 12.1 Å². The number of ether oxygens (including phenoxy) is 1. The van der Waals surface area contributed by atoms with Gasteiger partial charge >= 0.3 is 0 Å². The lowest BCUT2D eigenvalue weighted by Gasteiger charge is -2.18. The first-order valence-corrected chi connectivity index (χ1v) is 10.2. The van der Waals surface area contributed by atoms with E-state index < -0.39 is 0 Å². The maximum absolute atomic E-state index is 12.9. The van der Waals surface area contributed by atoms with Gasteiger partial charge < -0.3 is 9.64 Å². The molecule has 4 nitrogen and oxygen atoms in total. The van der Waals surface area contributed by atoms with Gasteiger partial charge in [0.1, 0.15) is 5.75 Å². The van der Waals surface area contributed by atoms with Crippen LogP contribution >= 0.6 is 0 Å². The number of allylic oxidation sites excluding steroid dienone is 2. The number of fused-ring (bicyclic) bond motifs is 1. The number of benzene rings is 2. The summed E-state index contributed by atoms with van der Waals surface area (Å²) in [6.45, 7) is 2.74. The number of pyridine rings is 1. The minimum absolute atomic E-state index is 0.0584. The van der Waals surface area contributed by atoms with Gasteiger partial charge in [0.2, 0.25) is 0 Å². The second-order valence-corrected chi connectivity index (χ2v) is 7.04. The van der Waals surface area contributed by atoms with Crippen LogP contribution in [0.4, 0.5) is 5.69 Å². The predicted molar refractivity (Wildman–Crippen MR) is 120 cm³/mol. The van der Waals surface area contributed by atoms with Crippen LogP contribution in [-0.4, -0.2) is 24.5 Å². The highest BCUT2D eigenvalue weighted by Crippen LogP contribution is 2.23. The molecule has 0 atom stereocenters. The van der Waals surface area contributed by atoms with Crippen molar-refractivity contribution in [3.05, 3.63) is 78.5 Å². The highest BCUT2D eigenvalue weighted by Gasteiger charge is 2.14. The zero-order chi connectivity index (χ0) is 20.5. The standard InChI is InChI=1S/C25H28N2O2/c1-3-4-5-6-7-8-17-29-23-13-9-12-22(19-23)27(2)25(28)21-14-15-24-20(18-21)11-10-16-26-24/h3-4,9-16,18-19H,5-8,17H2,1-2H3. The summed E-state index contributed by atoms with van der Waals surface area (Å²) in [5.74, 6) is 0.732. The smallest absolute Gasteiger partial charge is 0.258 e. The molecule has 0 fully saturated rings. The summed E-state index contributed by atoms with van der Waals surface area (Å²) in [6.07, 6.45) is 10.5. The van der Waals surface area contributed by atoms with Gasteiger partial charge in [0.25, 0.3) is 5.91 Å². The van der Waals surface area contributed by atoms with Gasteiger partial charge in [-0.1, -0.05) is 24.3 Å². The number of aromatic nitrogens is 1. The first-order valence-electron chi connectivity index (χ1n) is 10.2. The van der Waals surface area contributed by atoms with Gasteiger partial charge in [-0.15, -0.1) is 0 Å². The summed E-state index contributed by atoms with van der Waals surface area (Å²) >= 11 is 0. The summed E-state index contributed by atoms with van der Waals surface area (Å²) in [7, 11) is 1.79. The fraction of sp³-hybridized carbons (Fsp3) is 0.280. The molecule has 0 spiro atoms. The fourth-order valence-corrected chi connectivity index (χ4v) is 3.20. The minimum Gasteiger partial charge on any atom is -0.494 e. The molecule has 29 heavy (non-hydrogen) atoms. The van der Waals surface area contributed by atoms with Crippen molar-refractivity contribution >= 4 is 22.5 Å². The van der Waals surface area contributed by atoms with Crippen molar-refractivity contribution in [1.29, 1.82) is 0 Å².